The molecular weight excluding hydrogens is 351 g/mol. The maximum Gasteiger partial charge on any atom is 0.321 e. The van der Waals surface area contributed by atoms with Crippen molar-refractivity contribution in [2.45, 2.75) is 5.16 Å². The largest absolute Gasteiger partial charge is 0.455 e. The van der Waals surface area contributed by atoms with Crippen LogP contribution in [0.25, 0.3) is 5.69 Å². The van der Waals surface area contributed by atoms with Gasteiger partial charge in [0.1, 0.15) is 5.82 Å². The fraction of sp³-hybridized carbons (Fsp3) is 0.200. The molecule has 0 aliphatic heterocycles. The lowest BCUT2D eigenvalue weighted by Gasteiger charge is -2.08. The van der Waals surface area contributed by atoms with Gasteiger partial charge in [-0.1, -0.05) is 17.8 Å². The van der Waals surface area contributed by atoms with E-state index < -0.39 is 24.5 Å². The quantitative estimate of drug-likeness (QED) is 0.586. The highest BCUT2D eigenvalue weighted by Crippen LogP contribution is 2.20. The molecule has 0 bridgehead atoms. The summed E-state index contributed by atoms with van der Waals surface area (Å²) >= 11 is 1.08. The van der Waals surface area contributed by atoms with E-state index in [9.17, 15) is 18.8 Å². The van der Waals surface area contributed by atoms with Gasteiger partial charge in [0.2, 0.25) is 0 Å². The third kappa shape index (κ3) is 5.60. The van der Waals surface area contributed by atoms with E-state index in [0.29, 0.717) is 10.8 Å². The molecule has 0 saturated heterocycles. The molecule has 0 aliphatic rings. The van der Waals surface area contributed by atoms with Gasteiger partial charge >= 0.3 is 12.0 Å². The summed E-state index contributed by atoms with van der Waals surface area (Å²) in [4.78, 5) is 38.0. The van der Waals surface area contributed by atoms with Crippen LogP contribution in [0.5, 0.6) is 0 Å². The molecule has 2 N–H and O–H groups in total. The second-order valence-electron chi connectivity index (χ2n) is 4.64. The number of aromatic nitrogens is 2. The van der Waals surface area contributed by atoms with Crippen molar-refractivity contribution < 1.29 is 23.5 Å². The minimum atomic E-state index is -0.737. The smallest absolute Gasteiger partial charge is 0.321 e. The molecule has 3 amide bonds. The summed E-state index contributed by atoms with van der Waals surface area (Å²) in [6, 6.07) is 5.25. The molecule has 1 aromatic heterocycles. The second-order valence-corrected chi connectivity index (χ2v) is 5.58. The lowest BCUT2D eigenvalue weighted by atomic mass is 10.3. The van der Waals surface area contributed by atoms with E-state index in [2.05, 4.69) is 10.3 Å². The number of benzene rings is 1. The number of esters is 1. The first-order valence-corrected chi connectivity index (χ1v) is 8.07. The molecule has 2 aromatic rings. The SMILES string of the molecule is CNC(=O)NC(=O)COC(=O)CSc1nccn1-c1cccc(F)c1. The van der Waals surface area contributed by atoms with Crippen LogP contribution in [-0.4, -0.2) is 46.9 Å². The minimum absolute atomic E-state index is 0.0976. The molecule has 0 fully saturated rings. The number of nitrogens with zero attached hydrogens (tertiary/aromatic N) is 2. The number of thioether (sulfide) groups is 1. The second kappa shape index (κ2) is 8.83. The number of carbonyl (C=O) groups is 3. The molecule has 0 unspecified atom stereocenters. The highest BCUT2D eigenvalue weighted by atomic mass is 32.2. The Bertz CT molecular complexity index is 780. The van der Waals surface area contributed by atoms with Crippen LogP contribution in [0, 0.1) is 5.82 Å². The molecule has 132 valence electrons. The first-order chi connectivity index (χ1) is 12.0. The van der Waals surface area contributed by atoms with Gasteiger partial charge in [0.15, 0.2) is 11.8 Å². The topological polar surface area (TPSA) is 102 Å². The van der Waals surface area contributed by atoms with E-state index in [-0.39, 0.29) is 11.6 Å². The molecule has 10 heteroatoms. The minimum Gasteiger partial charge on any atom is -0.455 e. The van der Waals surface area contributed by atoms with Crippen LogP contribution in [0.4, 0.5) is 9.18 Å². The fourth-order valence-electron chi connectivity index (χ4n) is 1.76. The van der Waals surface area contributed by atoms with Crippen molar-refractivity contribution >= 4 is 29.7 Å². The Kier molecular flexibility index (Phi) is 6.52. The van der Waals surface area contributed by atoms with Crippen LogP contribution in [0.3, 0.4) is 0 Å². The standard InChI is InChI=1S/C15H15FN4O4S/c1-17-14(23)19-12(21)8-24-13(22)9-25-15-18-5-6-20(15)11-4-2-3-10(16)7-11/h2-7H,8-9H2,1H3,(H2,17,19,21,23). The lowest BCUT2D eigenvalue weighted by Crippen LogP contribution is -2.39. The highest BCUT2D eigenvalue weighted by Gasteiger charge is 2.13. The van der Waals surface area contributed by atoms with Crippen LogP contribution in [0.15, 0.2) is 41.8 Å². The number of nitrogens with one attached hydrogen (secondary N) is 2. The Labute approximate surface area is 146 Å². The van der Waals surface area contributed by atoms with Gasteiger partial charge < -0.3 is 10.1 Å². The lowest BCUT2D eigenvalue weighted by molar-refractivity contribution is -0.145. The molecule has 1 aromatic carbocycles. The summed E-state index contributed by atoms with van der Waals surface area (Å²) in [7, 11) is 1.35. The van der Waals surface area contributed by atoms with Gasteiger partial charge in [-0.05, 0) is 18.2 Å². The first-order valence-electron chi connectivity index (χ1n) is 7.09. The maximum atomic E-state index is 13.3. The Balaban J connectivity index is 1.86. The number of hydrogen-bond donors (Lipinski definition) is 2. The molecule has 25 heavy (non-hydrogen) atoms. The fourth-order valence-corrected chi connectivity index (χ4v) is 2.53. The number of halogens is 1. The predicted octanol–water partition coefficient (Wildman–Crippen LogP) is 1.10. The van der Waals surface area contributed by atoms with E-state index in [1.54, 1.807) is 22.9 Å². The van der Waals surface area contributed by atoms with Crippen molar-refractivity contribution in [2.24, 2.45) is 0 Å². The maximum absolute atomic E-state index is 13.3. The normalized spacial score (nSPS) is 10.2. The van der Waals surface area contributed by atoms with E-state index in [4.69, 9.17) is 4.74 Å². The number of ether oxygens (including phenoxy) is 1. The molecule has 0 saturated carbocycles. The van der Waals surface area contributed by atoms with E-state index in [1.807, 2.05) is 5.32 Å². The van der Waals surface area contributed by atoms with Crippen molar-refractivity contribution in [1.29, 1.82) is 0 Å². The third-order valence-corrected chi connectivity index (χ3v) is 3.80. The molecule has 1 heterocycles. The summed E-state index contributed by atoms with van der Waals surface area (Å²) in [5, 5.41) is 4.64. The van der Waals surface area contributed by atoms with Gasteiger partial charge in [0.25, 0.3) is 5.91 Å². The third-order valence-electron chi connectivity index (χ3n) is 2.86. The number of hydrogen-bond acceptors (Lipinski definition) is 6. The first kappa shape index (κ1) is 18.5. The summed E-state index contributed by atoms with van der Waals surface area (Å²) < 4.78 is 19.7. The number of imidazole rings is 1. The van der Waals surface area contributed by atoms with Crippen LogP contribution < -0.4 is 10.6 Å². The zero-order valence-corrected chi connectivity index (χ0v) is 14.0. The van der Waals surface area contributed by atoms with Crippen molar-refractivity contribution in [3.63, 3.8) is 0 Å². The van der Waals surface area contributed by atoms with Crippen LogP contribution in [0.2, 0.25) is 0 Å². The molecule has 0 atom stereocenters. The number of urea groups is 1. The number of amides is 3. The Morgan fingerprint density at radius 3 is 2.88 bits per heavy atom. The predicted molar refractivity (Wildman–Crippen MR) is 87.8 cm³/mol. The van der Waals surface area contributed by atoms with Crippen molar-refractivity contribution in [3.8, 4) is 5.69 Å². The van der Waals surface area contributed by atoms with Crippen LogP contribution >= 0.6 is 11.8 Å². The van der Waals surface area contributed by atoms with Gasteiger partial charge in [-0.15, -0.1) is 0 Å². The number of imide groups is 1. The van der Waals surface area contributed by atoms with E-state index in [1.165, 1.54) is 25.4 Å². The Hall–Kier alpha value is -2.88. The summed E-state index contributed by atoms with van der Waals surface area (Å²) in [6.07, 6.45) is 3.16. The van der Waals surface area contributed by atoms with Gasteiger partial charge in [-0.25, -0.2) is 14.2 Å². The molecule has 0 spiro atoms. The molecule has 0 radical (unpaired) electrons. The monoisotopic (exact) mass is 366 g/mol. The van der Waals surface area contributed by atoms with Crippen LogP contribution in [-0.2, 0) is 14.3 Å². The van der Waals surface area contributed by atoms with Crippen molar-refractivity contribution in [3.05, 3.63) is 42.5 Å². The average molecular weight is 366 g/mol. The number of rotatable bonds is 6. The van der Waals surface area contributed by atoms with Crippen molar-refractivity contribution in [2.75, 3.05) is 19.4 Å². The van der Waals surface area contributed by atoms with Gasteiger partial charge in [0.05, 0.1) is 11.4 Å². The molecule has 0 aliphatic carbocycles. The number of carbonyl (C=O) groups excluding carboxylic acids is 3. The van der Waals surface area contributed by atoms with Gasteiger partial charge in [0, 0.05) is 19.4 Å². The zero-order chi connectivity index (χ0) is 18.2. The summed E-state index contributed by atoms with van der Waals surface area (Å²) in [5.74, 6) is -1.87. The highest BCUT2D eigenvalue weighted by molar-refractivity contribution is 7.99. The molecule has 8 nitrogen and oxygen atoms in total. The average Bonchev–Trinajstić information content (AvgIpc) is 3.06. The zero-order valence-electron chi connectivity index (χ0n) is 13.2. The summed E-state index contributed by atoms with van der Waals surface area (Å²) in [5.41, 5.74) is 0.568. The van der Waals surface area contributed by atoms with E-state index in [0.717, 1.165) is 11.8 Å². The van der Waals surface area contributed by atoms with Gasteiger partial charge in [-0.3, -0.25) is 19.5 Å². The van der Waals surface area contributed by atoms with Crippen LogP contribution in [0.1, 0.15) is 0 Å². The molecule has 2 rings (SSSR count). The Morgan fingerprint density at radius 2 is 2.16 bits per heavy atom. The molecular formula is C15H15FN4O4S. The summed E-state index contributed by atoms with van der Waals surface area (Å²) in [6.45, 7) is -0.564. The van der Waals surface area contributed by atoms with Gasteiger partial charge in [-0.2, -0.15) is 0 Å². The van der Waals surface area contributed by atoms with E-state index >= 15 is 0 Å². The van der Waals surface area contributed by atoms with Crippen molar-refractivity contribution in [1.82, 2.24) is 20.2 Å². The Morgan fingerprint density at radius 1 is 1.36 bits per heavy atom.